The van der Waals surface area contributed by atoms with E-state index in [2.05, 4.69) is 55.6 Å². The summed E-state index contributed by atoms with van der Waals surface area (Å²) in [7, 11) is 1.55. The second-order valence-electron chi connectivity index (χ2n) is 17.1. The van der Waals surface area contributed by atoms with E-state index in [0.29, 0.717) is 17.4 Å². The highest BCUT2D eigenvalue weighted by Gasteiger charge is 2.27. The van der Waals surface area contributed by atoms with Crippen molar-refractivity contribution < 1.29 is 32.9 Å². The number of allylic oxidation sites excluding steroid dienone is 7. The summed E-state index contributed by atoms with van der Waals surface area (Å²) in [5, 5.41) is 13.8. The van der Waals surface area contributed by atoms with Crippen molar-refractivity contribution in [2.24, 2.45) is 0 Å². The van der Waals surface area contributed by atoms with Gasteiger partial charge < -0.3 is 19.8 Å². The normalized spacial score (nSPS) is 14.7. The minimum Gasteiger partial charge on any atom is -0.387 e. The lowest BCUT2D eigenvalue weighted by Gasteiger charge is -2.25. The van der Waals surface area contributed by atoms with E-state index in [1.807, 2.05) is 27.2 Å². The third-order valence-electron chi connectivity index (χ3n) is 10.3. The number of quaternary nitrogens is 1. The predicted octanol–water partition coefficient (Wildman–Crippen LogP) is 13.2. The zero-order valence-electron chi connectivity index (χ0n) is 37.8. The van der Waals surface area contributed by atoms with Gasteiger partial charge in [-0.25, -0.2) is 4.57 Å². The molecule has 0 saturated carbocycles. The second-order valence-corrected chi connectivity index (χ2v) is 18.6. The van der Waals surface area contributed by atoms with E-state index in [9.17, 15) is 19.4 Å². The molecule has 334 valence electrons. The summed E-state index contributed by atoms with van der Waals surface area (Å²) in [5.74, 6) is -0.192. The number of likely N-dealkylation sites (N-methyl/N-ethyl adjacent to an activating group) is 1. The molecule has 0 aromatic heterocycles. The van der Waals surface area contributed by atoms with Gasteiger partial charge in [0.1, 0.15) is 13.2 Å². The molecule has 0 aliphatic heterocycles. The molecule has 0 aliphatic rings. The third kappa shape index (κ3) is 42.4. The van der Waals surface area contributed by atoms with E-state index in [1.54, 1.807) is 6.08 Å². The number of aliphatic hydroxyl groups excluding tert-OH is 1. The molecule has 1 amide bonds. The van der Waals surface area contributed by atoms with Crippen LogP contribution in [0.1, 0.15) is 200 Å². The summed E-state index contributed by atoms with van der Waals surface area (Å²) in [6, 6.07) is -0.865. The first-order valence-electron chi connectivity index (χ1n) is 23.5. The van der Waals surface area contributed by atoms with E-state index in [0.717, 1.165) is 38.5 Å². The quantitative estimate of drug-likeness (QED) is 0.0186. The van der Waals surface area contributed by atoms with Crippen molar-refractivity contribution in [2.75, 3.05) is 40.9 Å². The van der Waals surface area contributed by atoms with Crippen LogP contribution in [0, 0.1) is 0 Å². The summed E-state index contributed by atoms with van der Waals surface area (Å²) in [5.41, 5.74) is 0. The van der Waals surface area contributed by atoms with Crippen LogP contribution in [0.25, 0.3) is 0 Å². The first-order valence-corrected chi connectivity index (χ1v) is 25.0. The van der Waals surface area contributed by atoms with Crippen LogP contribution in [-0.4, -0.2) is 73.4 Å². The molecule has 3 atom stereocenters. The highest BCUT2D eigenvalue weighted by atomic mass is 31.2. The second kappa shape index (κ2) is 39.9. The van der Waals surface area contributed by atoms with Gasteiger partial charge in [0.15, 0.2) is 0 Å². The van der Waals surface area contributed by atoms with E-state index in [-0.39, 0.29) is 19.1 Å². The number of hydrogen-bond acceptors (Lipinski definition) is 5. The number of unbranched alkanes of at least 4 members (excludes halogenated alkanes) is 24. The van der Waals surface area contributed by atoms with Crippen LogP contribution >= 0.6 is 7.82 Å². The van der Waals surface area contributed by atoms with E-state index in [4.69, 9.17) is 9.05 Å². The number of carbonyl (C=O) groups excluding carboxylic acids is 1. The highest BCUT2D eigenvalue weighted by Crippen LogP contribution is 2.43. The summed E-state index contributed by atoms with van der Waals surface area (Å²) >= 11 is 0. The third-order valence-corrected chi connectivity index (χ3v) is 11.3. The van der Waals surface area contributed by atoms with E-state index >= 15 is 0 Å². The lowest BCUT2D eigenvalue weighted by molar-refractivity contribution is -0.870. The molecule has 9 heteroatoms. The van der Waals surface area contributed by atoms with Crippen molar-refractivity contribution in [3.05, 3.63) is 48.6 Å². The first kappa shape index (κ1) is 55.5. The van der Waals surface area contributed by atoms with Crippen LogP contribution < -0.4 is 5.32 Å². The van der Waals surface area contributed by atoms with Crippen LogP contribution in [0.15, 0.2) is 48.6 Å². The van der Waals surface area contributed by atoms with Crippen molar-refractivity contribution in [1.82, 2.24) is 5.32 Å². The molecule has 0 spiro atoms. The molecular formula is C48H92N2O6P+. The monoisotopic (exact) mass is 824 g/mol. The van der Waals surface area contributed by atoms with Gasteiger partial charge in [-0.05, 0) is 57.8 Å². The first-order chi connectivity index (χ1) is 27.5. The van der Waals surface area contributed by atoms with Crippen molar-refractivity contribution in [2.45, 2.75) is 212 Å². The van der Waals surface area contributed by atoms with Crippen LogP contribution in [0.2, 0.25) is 0 Å². The average Bonchev–Trinajstić information content (AvgIpc) is 3.16. The zero-order chi connectivity index (χ0) is 42.1. The van der Waals surface area contributed by atoms with E-state index < -0.39 is 20.0 Å². The number of nitrogens with zero attached hydrogens (tertiary/aromatic N) is 1. The number of amides is 1. The van der Waals surface area contributed by atoms with Crippen molar-refractivity contribution in [3.63, 3.8) is 0 Å². The fourth-order valence-electron chi connectivity index (χ4n) is 6.52. The summed E-state index contributed by atoms with van der Waals surface area (Å²) < 4.78 is 23.6. The Bertz CT molecular complexity index is 1070. The Hall–Kier alpha value is -1.54. The number of phosphoric ester groups is 1. The summed E-state index contributed by atoms with van der Waals surface area (Å²) in [4.78, 5) is 23.1. The lowest BCUT2D eigenvalue weighted by Crippen LogP contribution is -2.45. The molecule has 8 nitrogen and oxygen atoms in total. The SMILES string of the molecule is CCCCC/C=C\C=C/CCCCCCCCCCCCC(=O)NC(COP(=O)(O)OCC[N+](C)(C)C)C(O)/C=C/CC/C=C/CCCCCCCCCCCC. The number of phosphoric acid groups is 1. The van der Waals surface area contributed by atoms with Crippen LogP contribution in [0.5, 0.6) is 0 Å². The molecule has 0 heterocycles. The summed E-state index contributed by atoms with van der Waals surface area (Å²) in [6.07, 6.45) is 50.4. The Balaban J connectivity index is 4.42. The van der Waals surface area contributed by atoms with Gasteiger partial charge in [-0.2, -0.15) is 0 Å². The topological polar surface area (TPSA) is 105 Å². The van der Waals surface area contributed by atoms with Crippen molar-refractivity contribution >= 4 is 13.7 Å². The Kier molecular flexibility index (Phi) is 38.8. The molecule has 0 fully saturated rings. The molecule has 0 aliphatic carbocycles. The number of hydrogen-bond donors (Lipinski definition) is 3. The van der Waals surface area contributed by atoms with Gasteiger partial charge in [0.05, 0.1) is 39.9 Å². The van der Waals surface area contributed by atoms with E-state index in [1.165, 1.54) is 141 Å². The van der Waals surface area contributed by atoms with Crippen molar-refractivity contribution in [3.8, 4) is 0 Å². The molecule has 0 aromatic carbocycles. The molecule has 0 bridgehead atoms. The van der Waals surface area contributed by atoms with Gasteiger partial charge in [0.25, 0.3) is 0 Å². The minimum atomic E-state index is -4.35. The maximum Gasteiger partial charge on any atom is 0.472 e. The molecule has 3 N–H and O–H groups in total. The molecule has 0 radical (unpaired) electrons. The molecule has 0 aromatic rings. The summed E-state index contributed by atoms with van der Waals surface area (Å²) in [6.45, 7) is 4.76. The number of aliphatic hydroxyl groups is 1. The zero-order valence-corrected chi connectivity index (χ0v) is 38.7. The number of nitrogens with one attached hydrogen (secondary N) is 1. The maximum absolute atomic E-state index is 12.9. The maximum atomic E-state index is 12.9. The molecule has 0 rings (SSSR count). The van der Waals surface area contributed by atoms with Gasteiger partial charge in [-0.3, -0.25) is 13.8 Å². The Morgan fingerprint density at radius 2 is 1.02 bits per heavy atom. The Morgan fingerprint density at radius 1 is 0.596 bits per heavy atom. The molecule has 3 unspecified atom stereocenters. The fourth-order valence-corrected chi connectivity index (χ4v) is 7.25. The Labute approximate surface area is 352 Å². The Morgan fingerprint density at radius 3 is 1.54 bits per heavy atom. The molecule has 57 heavy (non-hydrogen) atoms. The molecule has 0 saturated heterocycles. The van der Waals surface area contributed by atoms with Crippen LogP contribution in [-0.2, 0) is 18.4 Å². The fraction of sp³-hybridized carbons (Fsp3) is 0.812. The average molecular weight is 824 g/mol. The lowest BCUT2D eigenvalue weighted by atomic mass is 10.0. The van der Waals surface area contributed by atoms with Gasteiger partial charge in [0, 0.05) is 6.42 Å². The van der Waals surface area contributed by atoms with Gasteiger partial charge >= 0.3 is 7.82 Å². The number of carbonyl (C=O) groups is 1. The van der Waals surface area contributed by atoms with Gasteiger partial charge in [0.2, 0.25) is 5.91 Å². The smallest absolute Gasteiger partial charge is 0.387 e. The predicted molar refractivity (Wildman–Crippen MR) is 244 cm³/mol. The van der Waals surface area contributed by atoms with Gasteiger partial charge in [-0.1, -0.05) is 184 Å². The largest absolute Gasteiger partial charge is 0.472 e. The van der Waals surface area contributed by atoms with Crippen LogP contribution in [0.4, 0.5) is 0 Å². The van der Waals surface area contributed by atoms with Crippen molar-refractivity contribution in [1.29, 1.82) is 0 Å². The number of rotatable bonds is 42. The van der Waals surface area contributed by atoms with Gasteiger partial charge in [-0.15, -0.1) is 0 Å². The standard InChI is InChI=1S/C48H91N2O6P/c1-6-8-10-12-14-16-18-20-22-24-25-26-28-30-32-34-36-38-40-42-48(52)49-46(45-56-57(53,54)55-44-43-50(3,4)5)47(51)41-39-37-35-33-31-29-27-23-21-19-17-15-13-11-9-7-2/h14,16,18,20,31,33,39,41,46-47,51H,6-13,15,17,19,21-30,32,34-38,40,42-45H2,1-5H3,(H-,49,52,53,54)/p+1/b16-14-,20-18-,33-31+,41-39+. The molecular weight excluding hydrogens is 732 g/mol. The van der Waals surface area contributed by atoms with Crippen LogP contribution in [0.3, 0.4) is 0 Å². The minimum absolute atomic E-state index is 0.0544. The highest BCUT2D eigenvalue weighted by molar-refractivity contribution is 7.47.